The number of nitrogens with one attached hydrogen (secondary N) is 1. The monoisotopic (exact) mass is 461 g/mol. The van der Waals surface area contributed by atoms with Gasteiger partial charge in [0.25, 0.3) is 11.8 Å². The summed E-state index contributed by atoms with van der Waals surface area (Å²) in [6, 6.07) is 10.1. The molecular formula is C24H27N7O3. The van der Waals surface area contributed by atoms with Gasteiger partial charge < -0.3 is 26.0 Å². The van der Waals surface area contributed by atoms with Crippen LogP contribution in [0.3, 0.4) is 0 Å². The summed E-state index contributed by atoms with van der Waals surface area (Å²) < 4.78 is 0. The molecule has 0 spiro atoms. The predicted octanol–water partition coefficient (Wildman–Crippen LogP) is 2.13. The van der Waals surface area contributed by atoms with E-state index in [1.54, 1.807) is 17.2 Å². The van der Waals surface area contributed by atoms with Gasteiger partial charge in [-0.2, -0.15) is 0 Å². The summed E-state index contributed by atoms with van der Waals surface area (Å²) in [7, 11) is 0. The number of pyridine rings is 3. The van der Waals surface area contributed by atoms with Crippen molar-refractivity contribution in [2.24, 2.45) is 5.73 Å². The van der Waals surface area contributed by atoms with Crippen molar-refractivity contribution in [3.8, 4) is 17.1 Å². The first-order valence-electron chi connectivity index (χ1n) is 11.1. The second-order valence-corrected chi connectivity index (χ2v) is 8.28. The number of aromatic hydroxyl groups is 1. The summed E-state index contributed by atoms with van der Waals surface area (Å²) in [5.41, 5.74) is 6.84. The predicted molar refractivity (Wildman–Crippen MR) is 129 cm³/mol. The first-order valence-corrected chi connectivity index (χ1v) is 11.1. The molecule has 3 aromatic heterocycles. The number of piperazine rings is 1. The molecule has 3 aromatic rings. The molecule has 4 heterocycles. The van der Waals surface area contributed by atoms with Crippen molar-refractivity contribution in [2.75, 3.05) is 36.4 Å². The van der Waals surface area contributed by atoms with E-state index in [2.05, 4.69) is 39.0 Å². The van der Waals surface area contributed by atoms with Crippen LogP contribution in [0.25, 0.3) is 11.4 Å². The smallest absolute Gasteiger partial charge is 0.272 e. The van der Waals surface area contributed by atoms with Crippen molar-refractivity contribution in [2.45, 2.75) is 19.9 Å². The molecule has 4 rings (SSSR count). The lowest BCUT2D eigenvalue weighted by Gasteiger charge is -2.36. The van der Waals surface area contributed by atoms with Gasteiger partial charge in [-0.3, -0.25) is 14.6 Å². The fourth-order valence-corrected chi connectivity index (χ4v) is 3.89. The van der Waals surface area contributed by atoms with Crippen LogP contribution in [-0.2, 0) is 0 Å². The number of primary amides is 1. The minimum Gasteiger partial charge on any atom is -0.506 e. The summed E-state index contributed by atoms with van der Waals surface area (Å²) in [6.45, 7) is 6.34. The van der Waals surface area contributed by atoms with Crippen LogP contribution in [-0.4, -0.2) is 69.0 Å². The summed E-state index contributed by atoms with van der Waals surface area (Å²) in [5, 5.41) is 13.6. The van der Waals surface area contributed by atoms with Crippen molar-refractivity contribution in [1.29, 1.82) is 0 Å². The Bertz CT molecular complexity index is 1210. The van der Waals surface area contributed by atoms with Crippen molar-refractivity contribution < 1.29 is 14.7 Å². The lowest BCUT2D eigenvalue weighted by atomic mass is 10.1. The minimum atomic E-state index is -0.721. The molecule has 0 bridgehead atoms. The zero-order valence-corrected chi connectivity index (χ0v) is 19.1. The van der Waals surface area contributed by atoms with Crippen molar-refractivity contribution in [1.82, 2.24) is 19.9 Å². The molecule has 34 heavy (non-hydrogen) atoms. The van der Waals surface area contributed by atoms with Gasteiger partial charge in [-0.25, -0.2) is 9.97 Å². The molecule has 0 saturated carbocycles. The first kappa shape index (κ1) is 23.0. The van der Waals surface area contributed by atoms with Gasteiger partial charge in [0.05, 0.1) is 11.3 Å². The van der Waals surface area contributed by atoms with E-state index < -0.39 is 5.91 Å². The Morgan fingerprint density at radius 3 is 2.38 bits per heavy atom. The molecule has 10 heteroatoms. The summed E-state index contributed by atoms with van der Waals surface area (Å²) in [5.74, 6) is -0.285. The number of nitrogens with two attached hydrogens (primary N) is 1. The van der Waals surface area contributed by atoms with Crippen molar-refractivity contribution in [3.05, 3.63) is 60.0 Å². The number of nitrogens with zero attached hydrogens (tertiary/aromatic N) is 5. The van der Waals surface area contributed by atoms with Gasteiger partial charge in [-0.05, 0) is 50.2 Å². The Morgan fingerprint density at radius 2 is 1.71 bits per heavy atom. The van der Waals surface area contributed by atoms with Crippen LogP contribution in [0.1, 0.15) is 34.7 Å². The Kier molecular flexibility index (Phi) is 6.58. The van der Waals surface area contributed by atoms with Gasteiger partial charge in [0.2, 0.25) is 0 Å². The average Bonchev–Trinajstić information content (AvgIpc) is 2.83. The molecule has 10 nitrogen and oxygen atoms in total. The van der Waals surface area contributed by atoms with E-state index in [0.29, 0.717) is 26.2 Å². The third-order valence-electron chi connectivity index (χ3n) is 5.49. The maximum atomic E-state index is 13.2. The van der Waals surface area contributed by atoms with Crippen molar-refractivity contribution >= 4 is 23.3 Å². The van der Waals surface area contributed by atoms with E-state index in [4.69, 9.17) is 5.73 Å². The van der Waals surface area contributed by atoms with E-state index in [1.165, 1.54) is 24.4 Å². The maximum absolute atomic E-state index is 13.2. The van der Waals surface area contributed by atoms with E-state index in [1.807, 2.05) is 12.1 Å². The van der Waals surface area contributed by atoms with Gasteiger partial charge in [0, 0.05) is 44.6 Å². The van der Waals surface area contributed by atoms with Crippen LogP contribution in [0.4, 0.5) is 11.5 Å². The molecule has 0 radical (unpaired) electrons. The second kappa shape index (κ2) is 9.74. The number of hydrogen-bond donors (Lipinski definition) is 3. The third kappa shape index (κ3) is 4.75. The van der Waals surface area contributed by atoms with E-state index in [9.17, 15) is 14.7 Å². The molecular weight excluding hydrogens is 434 g/mol. The van der Waals surface area contributed by atoms with E-state index in [0.717, 1.165) is 11.5 Å². The highest BCUT2D eigenvalue weighted by molar-refractivity contribution is 6.01. The summed E-state index contributed by atoms with van der Waals surface area (Å²) >= 11 is 0. The van der Waals surface area contributed by atoms with Crippen LogP contribution in [0.15, 0.2) is 48.8 Å². The molecule has 1 aliphatic heterocycles. The lowest BCUT2D eigenvalue weighted by molar-refractivity contribution is 0.0740. The van der Waals surface area contributed by atoms with Gasteiger partial charge in [0.1, 0.15) is 22.8 Å². The van der Waals surface area contributed by atoms with E-state index >= 15 is 0 Å². The second-order valence-electron chi connectivity index (χ2n) is 8.28. The maximum Gasteiger partial charge on any atom is 0.272 e. The van der Waals surface area contributed by atoms with Crippen LogP contribution < -0.4 is 16.0 Å². The SMILES string of the molecule is CC(C)Nc1cccnc1N1CCN(C(=O)c2ccc(C(N)=O)c(-c3ncccc3O)n2)CC1. The van der Waals surface area contributed by atoms with E-state index in [-0.39, 0.29) is 40.3 Å². The molecule has 0 aliphatic carbocycles. The molecule has 4 N–H and O–H groups in total. The Labute approximate surface area is 197 Å². The molecule has 2 amide bonds. The summed E-state index contributed by atoms with van der Waals surface area (Å²) in [4.78, 5) is 42.0. The van der Waals surface area contributed by atoms with Crippen LogP contribution >= 0.6 is 0 Å². The number of aromatic nitrogens is 3. The largest absolute Gasteiger partial charge is 0.506 e. The third-order valence-corrected chi connectivity index (χ3v) is 5.49. The van der Waals surface area contributed by atoms with Gasteiger partial charge >= 0.3 is 0 Å². The highest BCUT2D eigenvalue weighted by Gasteiger charge is 2.26. The Morgan fingerprint density at radius 1 is 1.00 bits per heavy atom. The molecule has 176 valence electrons. The van der Waals surface area contributed by atoms with Crippen molar-refractivity contribution in [3.63, 3.8) is 0 Å². The molecule has 1 fully saturated rings. The fraction of sp³-hybridized carbons (Fsp3) is 0.292. The van der Waals surface area contributed by atoms with Crippen LogP contribution in [0.2, 0.25) is 0 Å². The molecule has 0 unspecified atom stereocenters. The highest BCUT2D eigenvalue weighted by Crippen LogP contribution is 2.28. The lowest BCUT2D eigenvalue weighted by Crippen LogP contribution is -2.49. The number of hydrogen-bond acceptors (Lipinski definition) is 8. The molecule has 1 saturated heterocycles. The molecule has 1 aliphatic rings. The first-order chi connectivity index (χ1) is 16.3. The highest BCUT2D eigenvalue weighted by atomic mass is 16.3. The van der Waals surface area contributed by atoms with Crippen LogP contribution in [0.5, 0.6) is 5.75 Å². The average molecular weight is 462 g/mol. The number of carbonyl (C=O) groups is 2. The standard InChI is InChI=1S/C24H27N7O3/c1-15(2)28-17-5-3-10-27-23(17)30-11-13-31(14-12-30)24(34)18-8-7-16(22(25)33)20(29-18)21-19(32)6-4-9-26-21/h3-10,15,28,32H,11-14H2,1-2H3,(H2,25,33). The summed E-state index contributed by atoms with van der Waals surface area (Å²) in [6.07, 6.45) is 3.23. The Balaban J connectivity index is 1.54. The Hall–Kier alpha value is -4.21. The zero-order valence-electron chi connectivity index (χ0n) is 19.1. The van der Waals surface area contributed by atoms with Gasteiger partial charge in [-0.15, -0.1) is 0 Å². The number of anilines is 2. The quantitative estimate of drug-likeness (QED) is 0.508. The number of carbonyl (C=O) groups excluding carboxylic acids is 2. The molecule has 0 atom stereocenters. The minimum absolute atomic E-state index is 0.0768. The zero-order chi connectivity index (χ0) is 24.2. The van der Waals surface area contributed by atoms with Gasteiger partial charge in [0.15, 0.2) is 5.82 Å². The normalized spacial score (nSPS) is 13.7. The number of amides is 2. The molecule has 0 aromatic carbocycles. The van der Waals surface area contributed by atoms with Gasteiger partial charge in [-0.1, -0.05) is 0 Å². The number of rotatable bonds is 6. The topological polar surface area (TPSA) is 138 Å². The van der Waals surface area contributed by atoms with Crippen LogP contribution in [0, 0.1) is 0 Å². The fourth-order valence-electron chi connectivity index (χ4n) is 3.89.